The number of methoxy groups -OCH3 is 1. The fourth-order valence-electron chi connectivity index (χ4n) is 1.52. The number of carbonyl (C=O) groups is 2. The molecule has 0 aliphatic carbocycles. The van der Waals surface area contributed by atoms with Crippen LogP contribution in [0.15, 0.2) is 24.3 Å². The molecule has 1 aromatic carbocycles. The number of nitrogens with zero attached hydrogens (tertiary/aromatic N) is 1. The minimum Gasteiger partial charge on any atom is -0.465 e. The van der Waals surface area contributed by atoms with E-state index in [2.05, 4.69) is 15.4 Å². The third-order valence-corrected chi connectivity index (χ3v) is 2.61. The number of carbonyl (C=O) groups excluding carboxylic acids is 2. The molecule has 0 radical (unpaired) electrons. The van der Waals surface area contributed by atoms with Gasteiger partial charge in [-0.1, -0.05) is 0 Å². The van der Waals surface area contributed by atoms with Gasteiger partial charge in [0.15, 0.2) is 0 Å². The van der Waals surface area contributed by atoms with Crippen LogP contribution in [0, 0.1) is 0 Å². The zero-order valence-electron chi connectivity index (χ0n) is 12.1. The maximum absolute atomic E-state index is 11.7. The molecule has 20 heavy (non-hydrogen) atoms. The molecule has 0 heterocycles. The van der Waals surface area contributed by atoms with E-state index in [1.54, 1.807) is 24.3 Å². The Labute approximate surface area is 119 Å². The highest BCUT2D eigenvalue weighted by molar-refractivity contribution is 5.93. The van der Waals surface area contributed by atoms with Gasteiger partial charge in [-0.25, -0.2) is 4.79 Å². The Balaban J connectivity index is 2.36. The van der Waals surface area contributed by atoms with E-state index in [0.717, 1.165) is 13.1 Å². The molecule has 0 aromatic heterocycles. The molecule has 6 nitrogen and oxygen atoms in total. The molecule has 1 amide bonds. The number of amides is 1. The van der Waals surface area contributed by atoms with E-state index < -0.39 is 5.97 Å². The summed E-state index contributed by atoms with van der Waals surface area (Å²) in [6.45, 7) is 1.88. The number of benzene rings is 1. The lowest BCUT2D eigenvalue weighted by atomic mass is 10.2. The van der Waals surface area contributed by atoms with Gasteiger partial charge in [0.25, 0.3) is 0 Å². The first kappa shape index (κ1) is 16.1. The fraction of sp³-hybridized carbons (Fsp3) is 0.429. The predicted molar refractivity (Wildman–Crippen MR) is 77.8 cm³/mol. The number of likely N-dealkylation sites (N-methyl/N-ethyl adjacent to an activating group) is 1. The molecule has 0 spiro atoms. The lowest BCUT2D eigenvalue weighted by molar-refractivity contribution is -0.115. The van der Waals surface area contributed by atoms with Gasteiger partial charge in [0.05, 0.1) is 19.2 Å². The van der Waals surface area contributed by atoms with Gasteiger partial charge >= 0.3 is 5.97 Å². The predicted octanol–water partition coefficient (Wildman–Crippen LogP) is 0.563. The third kappa shape index (κ3) is 5.81. The van der Waals surface area contributed by atoms with Crippen molar-refractivity contribution < 1.29 is 14.3 Å². The lowest BCUT2D eigenvalue weighted by Gasteiger charge is -2.10. The van der Waals surface area contributed by atoms with E-state index in [-0.39, 0.29) is 12.5 Å². The zero-order valence-corrected chi connectivity index (χ0v) is 12.1. The average Bonchev–Trinajstić information content (AvgIpc) is 2.43. The Morgan fingerprint density at radius 2 is 1.85 bits per heavy atom. The van der Waals surface area contributed by atoms with Crippen LogP contribution in [0.5, 0.6) is 0 Å². The second-order valence-corrected chi connectivity index (χ2v) is 4.60. The van der Waals surface area contributed by atoms with Crippen molar-refractivity contribution in [2.24, 2.45) is 0 Å². The minimum absolute atomic E-state index is 0.116. The minimum atomic E-state index is -0.395. The summed E-state index contributed by atoms with van der Waals surface area (Å²) in [6.07, 6.45) is 0. The second kappa shape index (κ2) is 8.29. The summed E-state index contributed by atoms with van der Waals surface area (Å²) in [4.78, 5) is 24.9. The first-order chi connectivity index (χ1) is 9.52. The molecule has 0 fully saturated rings. The molecule has 2 N–H and O–H groups in total. The summed E-state index contributed by atoms with van der Waals surface area (Å²) in [6, 6.07) is 6.57. The second-order valence-electron chi connectivity index (χ2n) is 4.60. The molecule has 0 aliphatic heterocycles. The Bertz CT molecular complexity index is 443. The number of nitrogens with one attached hydrogen (secondary N) is 2. The summed E-state index contributed by atoms with van der Waals surface area (Å²) < 4.78 is 4.60. The Hall–Kier alpha value is -1.92. The molecule has 110 valence electrons. The van der Waals surface area contributed by atoms with Gasteiger partial charge in [-0.15, -0.1) is 0 Å². The van der Waals surface area contributed by atoms with Crippen molar-refractivity contribution in [1.29, 1.82) is 0 Å². The molecule has 0 atom stereocenters. The maximum atomic E-state index is 11.7. The number of hydrogen-bond donors (Lipinski definition) is 2. The van der Waals surface area contributed by atoms with E-state index in [9.17, 15) is 9.59 Å². The topological polar surface area (TPSA) is 70.7 Å². The number of esters is 1. The van der Waals surface area contributed by atoms with E-state index in [1.165, 1.54) is 7.11 Å². The molecule has 0 saturated carbocycles. The van der Waals surface area contributed by atoms with Gasteiger partial charge in [0.1, 0.15) is 0 Å². The van der Waals surface area contributed by atoms with Gasteiger partial charge in [-0.3, -0.25) is 4.79 Å². The molecule has 0 saturated heterocycles. The molecular formula is C14H21N3O3. The SMILES string of the molecule is COC(=O)c1ccc(NC(=O)CNCCN(C)C)cc1. The van der Waals surface area contributed by atoms with Crippen LogP contribution in [0.4, 0.5) is 5.69 Å². The first-order valence-electron chi connectivity index (χ1n) is 6.36. The smallest absolute Gasteiger partial charge is 0.337 e. The highest BCUT2D eigenvalue weighted by Gasteiger charge is 2.06. The van der Waals surface area contributed by atoms with E-state index in [1.807, 2.05) is 19.0 Å². The molecule has 0 bridgehead atoms. The summed E-state index contributed by atoms with van der Waals surface area (Å²) in [7, 11) is 5.28. The number of rotatable bonds is 7. The van der Waals surface area contributed by atoms with Crippen molar-refractivity contribution in [3.05, 3.63) is 29.8 Å². The van der Waals surface area contributed by atoms with Crippen molar-refractivity contribution in [2.45, 2.75) is 0 Å². The van der Waals surface area contributed by atoms with Crippen LogP contribution < -0.4 is 10.6 Å². The Kier molecular flexibility index (Phi) is 6.69. The van der Waals surface area contributed by atoms with Crippen LogP contribution in [0.3, 0.4) is 0 Å². The van der Waals surface area contributed by atoms with Crippen LogP contribution in [0.25, 0.3) is 0 Å². The summed E-state index contributed by atoms with van der Waals surface area (Å²) in [5, 5.41) is 5.79. The monoisotopic (exact) mass is 279 g/mol. The van der Waals surface area contributed by atoms with Crippen molar-refractivity contribution in [2.75, 3.05) is 46.2 Å². The van der Waals surface area contributed by atoms with E-state index in [0.29, 0.717) is 11.3 Å². The number of hydrogen-bond acceptors (Lipinski definition) is 5. The number of ether oxygens (including phenoxy) is 1. The van der Waals surface area contributed by atoms with Crippen molar-refractivity contribution in [3.63, 3.8) is 0 Å². The molecule has 0 unspecified atom stereocenters. The normalized spacial score (nSPS) is 10.4. The summed E-state index contributed by atoms with van der Waals surface area (Å²) in [5.74, 6) is -0.511. The highest BCUT2D eigenvalue weighted by Crippen LogP contribution is 2.10. The molecule has 1 aromatic rings. The van der Waals surface area contributed by atoms with E-state index in [4.69, 9.17) is 0 Å². The van der Waals surface area contributed by atoms with Crippen LogP contribution in [0.2, 0.25) is 0 Å². The number of anilines is 1. The van der Waals surface area contributed by atoms with Crippen LogP contribution >= 0.6 is 0 Å². The first-order valence-corrected chi connectivity index (χ1v) is 6.36. The van der Waals surface area contributed by atoms with Crippen LogP contribution in [-0.4, -0.2) is 57.6 Å². The van der Waals surface area contributed by atoms with Crippen LogP contribution in [0.1, 0.15) is 10.4 Å². The van der Waals surface area contributed by atoms with E-state index >= 15 is 0 Å². The van der Waals surface area contributed by atoms with Crippen molar-refractivity contribution in [1.82, 2.24) is 10.2 Å². The van der Waals surface area contributed by atoms with Gasteiger partial charge in [0.2, 0.25) is 5.91 Å². The maximum Gasteiger partial charge on any atom is 0.337 e. The largest absolute Gasteiger partial charge is 0.465 e. The average molecular weight is 279 g/mol. The van der Waals surface area contributed by atoms with Crippen LogP contribution in [-0.2, 0) is 9.53 Å². The van der Waals surface area contributed by atoms with Gasteiger partial charge in [-0.2, -0.15) is 0 Å². The zero-order chi connectivity index (χ0) is 15.0. The molecule has 1 rings (SSSR count). The summed E-state index contributed by atoms with van der Waals surface area (Å²) >= 11 is 0. The molecule has 6 heteroatoms. The summed E-state index contributed by atoms with van der Waals surface area (Å²) in [5.41, 5.74) is 1.10. The van der Waals surface area contributed by atoms with Crippen molar-refractivity contribution >= 4 is 17.6 Å². The molecular weight excluding hydrogens is 258 g/mol. The fourth-order valence-corrected chi connectivity index (χ4v) is 1.52. The van der Waals surface area contributed by atoms with Crippen molar-refractivity contribution in [3.8, 4) is 0 Å². The van der Waals surface area contributed by atoms with Gasteiger partial charge in [0, 0.05) is 18.8 Å². The highest BCUT2D eigenvalue weighted by atomic mass is 16.5. The Morgan fingerprint density at radius 1 is 1.20 bits per heavy atom. The third-order valence-electron chi connectivity index (χ3n) is 2.61. The van der Waals surface area contributed by atoms with Gasteiger partial charge < -0.3 is 20.3 Å². The molecule has 0 aliphatic rings. The lowest BCUT2D eigenvalue weighted by Crippen LogP contribution is -2.33. The Morgan fingerprint density at radius 3 is 2.40 bits per heavy atom. The standard InChI is InChI=1S/C14H21N3O3/c1-17(2)9-8-15-10-13(18)16-12-6-4-11(5-7-12)14(19)20-3/h4-7,15H,8-10H2,1-3H3,(H,16,18). The quantitative estimate of drug-likeness (QED) is 0.564. The van der Waals surface area contributed by atoms with Gasteiger partial charge in [-0.05, 0) is 38.4 Å².